The van der Waals surface area contributed by atoms with Gasteiger partial charge in [-0.1, -0.05) is 6.07 Å². The number of benzene rings is 1. The summed E-state index contributed by atoms with van der Waals surface area (Å²) in [5, 5.41) is 7.88. The van der Waals surface area contributed by atoms with Crippen molar-refractivity contribution in [2.24, 2.45) is 5.92 Å². The first-order chi connectivity index (χ1) is 12.5. The Morgan fingerprint density at radius 3 is 2.62 bits per heavy atom. The summed E-state index contributed by atoms with van der Waals surface area (Å²) in [6.45, 7) is 0.754. The van der Waals surface area contributed by atoms with Crippen molar-refractivity contribution in [2.45, 2.75) is 17.1 Å². The summed E-state index contributed by atoms with van der Waals surface area (Å²) in [6.07, 6.45) is 1.08. The van der Waals surface area contributed by atoms with Gasteiger partial charge < -0.3 is 5.32 Å². The van der Waals surface area contributed by atoms with Crippen LogP contribution in [-0.4, -0.2) is 31.7 Å². The number of hydrogen-bond donors (Lipinski definition) is 1. The van der Waals surface area contributed by atoms with Gasteiger partial charge in [-0.25, -0.2) is 8.42 Å². The normalized spacial score (nSPS) is 16.8. The van der Waals surface area contributed by atoms with Crippen molar-refractivity contribution in [2.75, 3.05) is 18.4 Å². The van der Waals surface area contributed by atoms with Crippen LogP contribution in [-0.2, 0) is 14.8 Å². The van der Waals surface area contributed by atoms with E-state index in [0.29, 0.717) is 30.1 Å². The van der Waals surface area contributed by atoms with E-state index in [1.54, 1.807) is 28.8 Å². The number of thiophene rings is 2. The molecule has 136 valence electrons. The topological polar surface area (TPSA) is 66.5 Å². The molecule has 0 saturated carbocycles. The standard InChI is InChI=1S/C18H18N2O3S3/c21-18(19-15-3-4-16-14(12-15)7-11-24-16)13-5-8-20(9-6-13)26(22,23)17-2-1-10-25-17/h1-4,7,10-13H,5-6,8-9H2,(H,19,21). The van der Waals surface area contributed by atoms with Gasteiger partial charge in [-0.2, -0.15) is 4.31 Å². The van der Waals surface area contributed by atoms with Crippen LogP contribution in [0.3, 0.4) is 0 Å². The Bertz CT molecular complexity index is 1020. The van der Waals surface area contributed by atoms with Crippen molar-refractivity contribution in [3.8, 4) is 0 Å². The van der Waals surface area contributed by atoms with Crippen LogP contribution in [0.25, 0.3) is 10.1 Å². The summed E-state index contributed by atoms with van der Waals surface area (Å²) in [7, 11) is -3.42. The van der Waals surface area contributed by atoms with E-state index >= 15 is 0 Å². The highest BCUT2D eigenvalue weighted by Crippen LogP contribution is 2.28. The molecule has 1 N–H and O–H groups in total. The molecule has 0 unspecified atom stereocenters. The molecule has 1 aliphatic heterocycles. The molecule has 8 heteroatoms. The molecular formula is C18H18N2O3S3. The highest BCUT2D eigenvalue weighted by molar-refractivity contribution is 7.91. The van der Waals surface area contributed by atoms with Crippen LogP contribution < -0.4 is 5.32 Å². The van der Waals surface area contributed by atoms with Gasteiger partial charge in [0.25, 0.3) is 10.0 Å². The van der Waals surface area contributed by atoms with E-state index in [1.165, 1.54) is 20.3 Å². The molecular weight excluding hydrogens is 388 g/mol. The maximum absolute atomic E-state index is 12.6. The van der Waals surface area contributed by atoms with Crippen LogP contribution in [0.5, 0.6) is 0 Å². The van der Waals surface area contributed by atoms with E-state index in [2.05, 4.69) is 5.32 Å². The minimum Gasteiger partial charge on any atom is -0.326 e. The number of rotatable bonds is 4. The van der Waals surface area contributed by atoms with Crippen molar-refractivity contribution in [3.05, 3.63) is 47.2 Å². The lowest BCUT2D eigenvalue weighted by molar-refractivity contribution is -0.120. The number of hydrogen-bond acceptors (Lipinski definition) is 5. The van der Waals surface area contributed by atoms with E-state index in [-0.39, 0.29) is 11.8 Å². The molecule has 4 rings (SSSR count). The number of nitrogens with one attached hydrogen (secondary N) is 1. The number of sulfonamides is 1. The molecule has 1 fully saturated rings. The van der Waals surface area contributed by atoms with Crippen molar-refractivity contribution < 1.29 is 13.2 Å². The lowest BCUT2D eigenvalue weighted by atomic mass is 9.97. The van der Waals surface area contributed by atoms with Crippen molar-refractivity contribution in [3.63, 3.8) is 0 Å². The Morgan fingerprint density at radius 1 is 1.08 bits per heavy atom. The second-order valence-electron chi connectivity index (χ2n) is 6.27. The fourth-order valence-corrected chi connectivity index (χ4v) is 6.57. The van der Waals surface area contributed by atoms with E-state index in [9.17, 15) is 13.2 Å². The number of amides is 1. The van der Waals surface area contributed by atoms with E-state index in [4.69, 9.17) is 0 Å². The van der Waals surface area contributed by atoms with Crippen LogP contribution in [0.4, 0.5) is 5.69 Å². The fraction of sp³-hybridized carbons (Fsp3) is 0.278. The van der Waals surface area contributed by atoms with Crippen LogP contribution in [0, 0.1) is 5.92 Å². The molecule has 0 spiro atoms. The quantitative estimate of drug-likeness (QED) is 0.712. The summed E-state index contributed by atoms with van der Waals surface area (Å²) < 4.78 is 28.1. The van der Waals surface area contributed by atoms with Gasteiger partial charge in [0, 0.05) is 29.4 Å². The zero-order valence-electron chi connectivity index (χ0n) is 13.9. The van der Waals surface area contributed by atoms with Gasteiger partial charge in [0.15, 0.2) is 0 Å². The molecule has 5 nitrogen and oxygen atoms in total. The molecule has 1 aliphatic rings. The summed E-state index contributed by atoms with van der Waals surface area (Å²) in [4.78, 5) is 12.6. The van der Waals surface area contributed by atoms with E-state index in [1.807, 2.05) is 29.6 Å². The first kappa shape index (κ1) is 17.7. The van der Waals surface area contributed by atoms with Crippen molar-refractivity contribution >= 4 is 54.4 Å². The highest BCUT2D eigenvalue weighted by atomic mass is 32.2. The number of carbonyl (C=O) groups is 1. The zero-order valence-corrected chi connectivity index (χ0v) is 16.4. The Morgan fingerprint density at radius 2 is 1.88 bits per heavy atom. The minimum absolute atomic E-state index is 0.0345. The van der Waals surface area contributed by atoms with Crippen LogP contribution >= 0.6 is 22.7 Å². The molecule has 1 aromatic carbocycles. The fourth-order valence-electron chi connectivity index (χ4n) is 3.18. The van der Waals surface area contributed by atoms with Crippen molar-refractivity contribution in [1.82, 2.24) is 4.31 Å². The predicted octanol–water partition coefficient (Wildman–Crippen LogP) is 4.00. The molecule has 0 atom stereocenters. The molecule has 0 aliphatic carbocycles. The summed E-state index contributed by atoms with van der Waals surface area (Å²) in [6, 6.07) is 11.3. The van der Waals surface area contributed by atoms with Crippen LogP contribution in [0.15, 0.2) is 51.4 Å². The second kappa shape index (κ2) is 7.11. The number of nitrogens with zero attached hydrogens (tertiary/aromatic N) is 1. The maximum atomic E-state index is 12.6. The molecule has 0 radical (unpaired) electrons. The Balaban J connectivity index is 1.39. The summed E-state index contributed by atoms with van der Waals surface area (Å²) in [5.41, 5.74) is 0.787. The minimum atomic E-state index is -3.42. The third-order valence-electron chi connectivity index (χ3n) is 4.63. The maximum Gasteiger partial charge on any atom is 0.252 e. The average molecular weight is 407 g/mol. The zero-order chi connectivity index (χ0) is 18.1. The van der Waals surface area contributed by atoms with Gasteiger partial charge in [0.1, 0.15) is 4.21 Å². The largest absolute Gasteiger partial charge is 0.326 e. The highest BCUT2D eigenvalue weighted by Gasteiger charge is 2.32. The monoisotopic (exact) mass is 406 g/mol. The van der Waals surface area contributed by atoms with Crippen molar-refractivity contribution in [1.29, 1.82) is 0 Å². The first-order valence-corrected chi connectivity index (χ1v) is 11.6. The summed E-state index contributed by atoms with van der Waals surface area (Å²) in [5.74, 6) is -0.198. The second-order valence-corrected chi connectivity index (χ2v) is 10.3. The van der Waals surface area contributed by atoms with Gasteiger partial charge in [0.05, 0.1) is 0 Å². The van der Waals surface area contributed by atoms with E-state index in [0.717, 1.165) is 11.1 Å². The van der Waals surface area contributed by atoms with E-state index < -0.39 is 10.0 Å². The molecule has 1 saturated heterocycles. The molecule has 3 aromatic rings. The van der Waals surface area contributed by atoms with Crippen LogP contribution in [0.1, 0.15) is 12.8 Å². The van der Waals surface area contributed by atoms with Gasteiger partial charge in [0.2, 0.25) is 5.91 Å². The molecule has 26 heavy (non-hydrogen) atoms. The van der Waals surface area contributed by atoms with Gasteiger partial charge >= 0.3 is 0 Å². The lowest BCUT2D eigenvalue weighted by Gasteiger charge is -2.30. The lowest BCUT2D eigenvalue weighted by Crippen LogP contribution is -2.41. The molecule has 3 heterocycles. The number of piperidine rings is 1. The number of anilines is 1. The first-order valence-electron chi connectivity index (χ1n) is 8.36. The number of carbonyl (C=O) groups excluding carboxylic acids is 1. The summed E-state index contributed by atoms with van der Waals surface area (Å²) >= 11 is 2.90. The van der Waals surface area contributed by atoms with Gasteiger partial charge in [-0.3, -0.25) is 4.79 Å². The van der Waals surface area contributed by atoms with Gasteiger partial charge in [-0.15, -0.1) is 22.7 Å². The third-order valence-corrected chi connectivity index (χ3v) is 8.80. The molecule has 1 amide bonds. The molecule has 0 bridgehead atoms. The Hall–Kier alpha value is -1.74. The van der Waals surface area contributed by atoms with Crippen LogP contribution in [0.2, 0.25) is 0 Å². The predicted molar refractivity (Wildman–Crippen MR) is 106 cm³/mol. The average Bonchev–Trinajstić information content (AvgIpc) is 3.33. The smallest absolute Gasteiger partial charge is 0.252 e. The van der Waals surface area contributed by atoms with Gasteiger partial charge in [-0.05, 0) is 59.3 Å². The third kappa shape index (κ3) is 3.42. The molecule has 2 aromatic heterocycles. The Kier molecular flexibility index (Phi) is 4.83. The Labute approximate surface area is 160 Å². The SMILES string of the molecule is O=C(Nc1ccc2sccc2c1)C1CCN(S(=O)(=O)c2cccs2)CC1. The number of fused-ring (bicyclic) bond motifs is 1.